The maximum Gasteiger partial charge on any atom is 0.0334 e. The van der Waals surface area contributed by atoms with Crippen LogP contribution in [0.1, 0.15) is 37.1 Å². The fraction of sp³-hybridized carbons (Fsp3) is 0.600. The first kappa shape index (κ1) is 7.87. The Hall–Kier alpha value is -0.760. The van der Waals surface area contributed by atoms with E-state index in [0.29, 0.717) is 12.0 Å². The fourth-order valence-electron chi connectivity index (χ4n) is 2.10. The van der Waals surface area contributed by atoms with Crippen LogP contribution in [0.25, 0.3) is 0 Å². The summed E-state index contributed by atoms with van der Waals surface area (Å²) < 4.78 is 0. The van der Waals surface area contributed by atoms with Crippen LogP contribution in [0.4, 0.5) is 0 Å². The van der Waals surface area contributed by atoms with Crippen LogP contribution in [0.2, 0.25) is 0 Å². The summed E-state index contributed by atoms with van der Waals surface area (Å²) in [6.07, 6.45) is 2.05. The highest BCUT2D eigenvalue weighted by Gasteiger charge is 2.26. The lowest BCUT2D eigenvalue weighted by Crippen LogP contribution is -2.32. The van der Waals surface area contributed by atoms with Crippen LogP contribution in [0.15, 0.2) is 12.3 Å². The highest BCUT2D eigenvalue weighted by atomic mass is 15.1. The Kier molecular flexibility index (Phi) is 1.72. The molecule has 2 atom stereocenters. The molecule has 1 N–H and O–H groups in total. The summed E-state index contributed by atoms with van der Waals surface area (Å²) in [5.74, 6) is 0.649. The second kappa shape index (κ2) is 2.63. The lowest BCUT2D eigenvalue weighted by molar-refractivity contribution is 0.227. The number of rotatable bonds is 0. The minimum absolute atomic E-state index is 0.572. The van der Waals surface area contributed by atoms with Gasteiger partial charge in [0.05, 0.1) is 0 Å². The van der Waals surface area contributed by atoms with E-state index in [-0.39, 0.29) is 0 Å². The minimum Gasteiger partial charge on any atom is -0.364 e. The van der Waals surface area contributed by atoms with Gasteiger partial charge in [0.15, 0.2) is 0 Å². The van der Waals surface area contributed by atoms with Crippen molar-refractivity contribution in [1.29, 1.82) is 0 Å². The van der Waals surface area contributed by atoms with Crippen LogP contribution in [0.5, 0.6) is 0 Å². The molecular weight excluding hydrogens is 148 g/mol. The molecule has 2 rings (SSSR count). The van der Waals surface area contributed by atoms with Crippen molar-refractivity contribution in [2.75, 3.05) is 13.6 Å². The van der Waals surface area contributed by atoms with E-state index in [1.165, 1.54) is 11.3 Å². The van der Waals surface area contributed by atoms with E-state index in [1.54, 1.807) is 0 Å². The van der Waals surface area contributed by atoms with Gasteiger partial charge in [0.1, 0.15) is 0 Å². The monoisotopic (exact) mass is 164 g/mol. The van der Waals surface area contributed by atoms with Crippen molar-refractivity contribution >= 4 is 0 Å². The predicted octanol–water partition coefficient (Wildman–Crippen LogP) is 2.12. The molecule has 0 unspecified atom stereocenters. The molecule has 0 spiro atoms. The number of aromatic amines is 1. The number of H-pyrrole nitrogens is 1. The Labute approximate surface area is 73.6 Å². The van der Waals surface area contributed by atoms with Gasteiger partial charge >= 0.3 is 0 Å². The maximum absolute atomic E-state index is 3.33. The standard InChI is InChI=1S/C10H16N2/c1-7-6-12(3)8(2)9-4-5-11-10(7)9/h4-5,7-8,11H,6H2,1-3H3/t7-,8+/m1/s1. The Morgan fingerprint density at radius 1 is 1.50 bits per heavy atom. The van der Waals surface area contributed by atoms with E-state index in [9.17, 15) is 0 Å². The summed E-state index contributed by atoms with van der Waals surface area (Å²) in [5, 5.41) is 0. The summed E-state index contributed by atoms with van der Waals surface area (Å²) in [5.41, 5.74) is 2.90. The van der Waals surface area contributed by atoms with Gasteiger partial charge in [0.25, 0.3) is 0 Å². The topological polar surface area (TPSA) is 19.0 Å². The lowest BCUT2D eigenvalue weighted by atomic mass is 9.94. The Bertz CT molecular complexity index is 277. The Morgan fingerprint density at radius 3 is 3.00 bits per heavy atom. The summed E-state index contributed by atoms with van der Waals surface area (Å²) >= 11 is 0. The van der Waals surface area contributed by atoms with Gasteiger partial charge in [-0.15, -0.1) is 0 Å². The van der Waals surface area contributed by atoms with Gasteiger partial charge in [-0.2, -0.15) is 0 Å². The molecule has 12 heavy (non-hydrogen) atoms. The summed E-state index contributed by atoms with van der Waals surface area (Å²) in [4.78, 5) is 5.74. The second-order valence-corrected chi connectivity index (χ2v) is 3.86. The first-order valence-electron chi connectivity index (χ1n) is 4.57. The van der Waals surface area contributed by atoms with Crippen LogP contribution in [0, 0.1) is 0 Å². The Morgan fingerprint density at radius 2 is 2.25 bits per heavy atom. The molecule has 0 fully saturated rings. The fourth-order valence-corrected chi connectivity index (χ4v) is 2.10. The van der Waals surface area contributed by atoms with Crippen molar-refractivity contribution in [3.8, 4) is 0 Å². The van der Waals surface area contributed by atoms with Gasteiger partial charge in [-0.25, -0.2) is 0 Å². The molecule has 1 aromatic heterocycles. The van der Waals surface area contributed by atoms with Crippen LogP contribution in [-0.4, -0.2) is 23.5 Å². The van der Waals surface area contributed by atoms with Crippen molar-refractivity contribution in [3.63, 3.8) is 0 Å². The molecule has 0 aromatic carbocycles. The van der Waals surface area contributed by atoms with Crippen LogP contribution in [-0.2, 0) is 0 Å². The minimum atomic E-state index is 0.572. The molecule has 66 valence electrons. The number of hydrogen-bond acceptors (Lipinski definition) is 1. The quantitative estimate of drug-likeness (QED) is 0.622. The smallest absolute Gasteiger partial charge is 0.0334 e. The summed E-state index contributed by atoms with van der Waals surface area (Å²) in [7, 11) is 2.19. The Balaban J connectivity index is 2.43. The number of hydrogen-bond donors (Lipinski definition) is 1. The average Bonchev–Trinajstić information content (AvgIpc) is 2.48. The van der Waals surface area contributed by atoms with Crippen molar-refractivity contribution in [1.82, 2.24) is 9.88 Å². The molecule has 2 nitrogen and oxygen atoms in total. The van der Waals surface area contributed by atoms with Gasteiger partial charge in [0, 0.05) is 30.4 Å². The van der Waals surface area contributed by atoms with E-state index >= 15 is 0 Å². The molecule has 0 radical (unpaired) electrons. The van der Waals surface area contributed by atoms with Gasteiger partial charge < -0.3 is 4.98 Å². The zero-order valence-electron chi connectivity index (χ0n) is 7.96. The molecule has 1 aromatic rings. The van der Waals surface area contributed by atoms with E-state index in [4.69, 9.17) is 0 Å². The maximum atomic E-state index is 3.33. The molecule has 0 bridgehead atoms. The van der Waals surface area contributed by atoms with E-state index in [1.807, 2.05) is 0 Å². The highest BCUT2D eigenvalue weighted by molar-refractivity contribution is 5.29. The van der Waals surface area contributed by atoms with Crippen molar-refractivity contribution in [2.24, 2.45) is 0 Å². The van der Waals surface area contributed by atoms with Gasteiger partial charge in [-0.05, 0) is 25.6 Å². The SMILES string of the molecule is C[C@@H]1CN(C)[C@@H](C)c2cc[nH]c21. The molecule has 0 saturated carbocycles. The molecule has 2 heteroatoms. The number of likely N-dealkylation sites (N-methyl/N-ethyl adjacent to an activating group) is 1. The van der Waals surface area contributed by atoms with Crippen molar-refractivity contribution in [2.45, 2.75) is 25.8 Å². The van der Waals surface area contributed by atoms with Crippen LogP contribution in [0.3, 0.4) is 0 Å². The van der Waals surface area contributed by atoms with Crippen LogP contribution < -0.4 is 0 Å². The molecular formula is C10H16N2. The number of nitrogens with zero attached hydrogens (tertiary/aromatic N) is 1. The molecule has 0 saturated heterocycles. The van der Waals surface area contributed by atoms with Gasteiger partial charge in [-0.3, -0.25) is 4.90 Å². The lowest BCUT2D eigenvalue weighted by Gasteiger charge is -2.33. The molecule has 2 heterocycles. The van der Waals surface area contributed by atoms with Gasteiger partial charge in [0.2, 0.25) is 0 Å². The normalized spacial score (nSPS) is 30.2. The zero-order valence-corrected chi connectivity index (χ0v) is 7.96. The van der Waals surface area contributed by atoms with E-state index < -0.39 is 0 Å². The first-order valence-corrected chi connectivity index (χ1v) is 4.57. The van der Waals surface area contributed by atoms with Crippen LogP contribution >= 0.6 is 0 Å². The number of fused-ring (bicyclic) bond motifs is 1. The third-order valence-electron chi connectivity index (χ3n) is 2.98. The zero-order chi connectivity index (χ0) is 8.72. The molecule has 0 aliphatic carbocycles. The third kappa shape index (κ3) is 0.985. The van der Waals surface area contributed by atoms with E-state index in [0.717, 1.165) is 6.54 Å². The predicted molar refractivity (Wildman–Crippen MR) is 50.3 cm³/mol. The first-order chi connectivity index (χ1) is 5.70. The summed E-state index contributed by atoms with van der Waals surface area (Å²) in [6, 6.07) is 2.77. The average molecular weight is 164 g/mol. The third-order valence-corrected chi connectivity index (χ3v) is 2.98. The molecule has 1 aliphatic rings. The molecule has 0 amide bonds. The highest BCUT2D eigenvalue weighted by Crippen LogP contribution is 2.33. The van der Waals surface area contributed by atoms with Gasteiger partial charge in [-0.1, -0.05) is 6.92 Å². The summed E-state index contributed by atoms with van der Waals surface area (Å²) in [6.45, 7) is 5.70. The molecule has 1 aliphatic heterocycles. The largest absolute Gasteiger partial charge is 0.364 e. The van der Waals surface area contributed by atoms with Crippen molar-refractivity contribution < 1.29 is 0 Å². The van der Waals surface area contributed by atoms with E-state index in [2.05, 4.69) is 43.0 Å². The number of aromatic nitrogens is 1. The second-order valence-electron chi connectivity index (χ2n) is 3.86. The number of nitrogens with one attached hydrogen (secondary N) is 1. The van der Waals surface area contributed by atoms with Crippen molar-refractivity contribution in [3.05, 3.63) is 23.5 Å².